The zero-order valence-electron chi connectivity index (χ0n) is 10.6. The number of hydrogen-bond donors (Lipinski definition) is 0. The van der Waals surface area contributed by atoms with Gasteiger partial charge in [-0.15, -0.1) is 0 Å². The van der Waals surface area contributed by atoms with Crippen LogP contribution < -0.4 is 0 Å². The van der Waals surface area contributed by atoms with Gasteiger partial charge in [0.2, 0.25) is 0 Å². The average molecular weight is 238 g/mol. The quantitative estimate of drug-likeness (QED) is 0.650. The predicted molar refractivity (Wildman–Crippen MR) is 67.6 cm³/mol. The first-order chi connectivity index (χ1) is 7.50. The zero-order chi connectivity index (χ0) is 11.8. The molecule has 0 radical (unpaired) electrons. The zero-order valence-corrected chi connectivity index (χ0v) is 10.6. The molecule has 4 heteroatoms. The Morgan fingerprint density at radius 3 is 1.00 bits per heavy atom. The molecule has 16 heavy (non-hydrogen) atoms. The molecule has 0 aliphatic carbocycles. The maximum Gasteiger partial charge on any atom is 0.146 e. The van der Waals surface area contributed by atoms with Gasteiger partial charge in [0.25, 0.3) is 0 Å². The van der Waals surface area contributed by atoms with E-state index >= 15 is 0 Å². The summed E-state index contributed by atoms with van der Waals surface area (Å²) in [6, 6.07) is 0. The summed E-state index contributed by atoms with van der Waals surface area (Å²) in [5.41, 5.74) is 0. The van der Waals surface area contributed by atoms with Crippen LogP contribution in [-0.2, 0) is 18.9 Å². The van der Waals surface area contributed by atoms with Crippen LogP contribution in [0.25, 0.3) is 0 Å². The maximum absolute atomic E-state index is 4.85. The van der Waals surface area contributed by atoms with Crippen molar-refractivity contribution in [3.63, 3.8) is 0 Å². The highest BCUT2D eigenvalue weighted by Crippen LogP contribution is 1.91. The van der Waals surface area contributed by atoms with Gasteiger partial charge in [0.15, 0.2) is 0 Å². The van der Waals surface area contributed by atoms with Gasteiger partial charge >= 0.3 is 0 Å². The van der Waals surface area contributed by atoms with Gasteiger partial charge in [0.1, 0.15) is 13.6 Å². The SMILES string of the molecule is C.C1COCO1.C1COCOC1.CC.CC. The van der Waals surface area contributed by atoms with Crippen LogP contribution in [0, 0.1) is 0 Å². The van der Waals surface area contributed by atoms with Gasteiger partial charge in [0, 0.05) is 0 Å². The minimum Gasteiger partial charge on any atom is -0.355 e. The summed E-state index contributed by atoms with van der Waals surface area (Å²) in [6.45, 7) is 12.3. The van der Waals surface area contributed by atoms with Gasteiger partial charge in [-0.1, -0.05) is 35.1 Å². The molecule has 102 valence electrons. The average Bonchev–Trinajstić information content (AvgIpc) is 2.95. The minimum atomic E-state index is 0. The minimum absolute atomic E-state index is 0. The van der Waals surface area contributed by atoms with E-state index in [2.05, 4.69) is 0 Å². The van der Waals surface area contributed by atoms with Crippen LogP contribution >= 0.6 is 0 Å². The fourth-order valence-corrected chi connectivity index (χ4v) is 0.734. The molecule has 2 aliphatic heterocycles. The normalized spacial score (nSPS) is 17.2. The third kappa shape index (κ3) is 19.4. The molecule has 2 fully saturated rings. The van der Waals surface area contributed by atoms with E-state index in [0.29, 0.717) is 13.6 Å². The highest BCUT2D eigenvalue weighted by atomic mass is 16.7. The molecule has 0 amide bonds. The molecule has 0 N–H and O–H groups in total. The molecule has 0 unspecified atom stereocenters. The molecule has 0 bridgehead atoms. The molecule has 0 spiro atoms. The van der Waals surface area contributed by atoms with Crippen molar-refractivity contribution in [3.8, 4) is 0 Å². The van der Waals surface area contributed by atoms with Crippen molar-refractivity contribution in [1.29, 1.82) is 0 Å². The van der Waals surface area contributed by atoms with E-state index in [0.717, 1.165) is 32.8 Å². The fourth-order valence-electron chi connectivity index (χ4n) is 0.734. The summed E-state index contributed by atoms with van der Waals surface area (Å²) >= 11 is 0. The fraction of sp³-hybridized carbons (Fsp3) is 1.00. The number of hydrogen-bond acceptors (Lipinski definition) is 4. The van der Waals surface area contributed by atoms with Crippen LogP contribution in [-0.4, -0.2) is 40.0 Å². The second-order valence-corrected chi connectivity index (χ2v) is 2.22. The lowest BCUT2D eigenvalue weighted by atomic mass is 10.5. The number of ether oxygens (including phenoxy) is 4. The molecule has 0 atom stereocenters. The largest absolute Gasteiger partial charge is 0.355 e. The second-order valence-electron chi connectivity index (χ2n) is 2.22. The Balaban J connectivity index is -0.000000156. The van der Waals surface area contributed by atoms with Crippen LogP contribution in [0.15, 0.2) is 0 Å². The third-order valence-corrected chi connectivity index (χ3v) is 1.28. The lowest BCUT2D eigenvalue weighted by Gasteiger charge is -2.09. The molecule has 2 heterocycles. The topological polar surface area (TPSA) is 36.9 Å². The third-order valence-electron chi connectivity index (χ3n) is 1.28. The Hall–Kier alpha value is -0.160. The molecule has 2 aliphatic rings. The molecule has 0 aromatic heterocycles. The molecule has 0 saturated carbocycles. The van der Waals surface area contributed by atoms with Crippen molar-refractivity contribution in [3.05, 3.63) is 0 Å². The van der Waals surface area contributed by atoms with Crippen molar-refractivity contribution in [1.82, 2.24) is 0 Å². The van der Waals surface area contributed by atoms with Crippen LogP contribution in [0.3, 0.4) is 0 Å². The maximum atomic E-state index is 4.85. The Labute approximate surface area is 101 Å². The summed E-state index contributed by atoms with van der Waals surface area (Å²) in [5, 5.41) is 0. The van der Waals surface area contributed by atoms with Crippen LogP contribution in [0.1, 0.15) is 41.5 Å². The van der Waals surface area contributed by atoms with Crippen molar-refractivity contribution >= 4 is 0 Å². The molecule has 4 nitrogen and oxygen atoms in total. The summed E-state index contributed by atoms with van der Waals surface area (Å²) in [6.07, 6.45) is 1.06. The first-order valence-corrected chi connectivity index (χ1v) is 5.81. The lowest BCUT2D eigenvalue weighted by Crippen LogP contribution is -2.11. The van der Waals surface area contributed by atoms with Crippen LogP contribution in [0.4, 0.5) is 0 Å². The molecule has 2 saturated heterocycles. The first-order valence-electron chi connectivity index (χ1n) is 5.81. The van der Waals surface area contributed by atoms with Crippen LogP contribution in [0.2, 0.25) is 0 Å². The summed E-state index contributed by atoms with van der Waals surface area (Å²) in [4.78, 5) is 0. The van der Waals surface area contributed by atoms with Gasteiger partial charge in [0.05, 0.1) is 26.4 Å². The van der Waals surface area contributed by atoms with Crippen molar-refractivity contribution in [2.75, 3.05) is 40.0 Å². The van der Waals surface area contributed by atoms with Gasteiger partial charge < -0.3 is 18.9 Å². The Morgan fingerprint density at radius 2 is 0.875 bits per heavy atom. The molecule has 0 aromatic rings. The summed E-state index contributed by atoms with van der Waals surface area (Å²) in [5.74, 6) is 0. The summed E-state index contributed by atoms with van der Waals surface area (Å²) < 4.78 is 19.1. The summed E-state index contributed by atoms with van der Waals surface area (Å²) in [7, 11) is 0. The Kier molecular flexibility index (Phi) is 32.0. The lowest BCUT2D eigenvalue weighted by molar-refractivity contribution is -0.0963. The monoisotopic (exact) mass is 238 g/mol. The van der Waals surface area contributed by atoms with E-state index in [1.54, 1.807) is 0 Å². The van der Waals surface area contributed by atoms with Gasteiger partial charge in [-0.2, -0.15) is 0 Å². The Morgan fingerprint density at radius 1 is 0.562 bits per heavy atom. The van der Waals surface area contributed by atoms with E-state index in [1.807, 2.05) is 27.7 Å². The van der Waals surface area contributed by atoms with Crippen molar-refractivity contribution < 1.29 is 18.9 Å². The first kappa shape index (κ1) is 21.2. The van der Waals surface area contributed by atoms with E-state index < -0.39 is 0 Å². The van der Waals surface area contributed by atoms with Gasteiger partial charge in [-0.3, -0.25) is 0 Å². The molecular weight excluding hydrogens is 208 g/mol. The van der Waals surface area contributed by atoms with E-state index in [-0.39, 0.29) is 7.43 Å². The molecule has 2 rings (SSSR count). The molecular formula is C12H30O4. The van der Waals surface area contributed by atoms with Crippen molar-refractivity contribution in [2.45, 2.75) is 41.5 Å². The highest BCUT2D eigenvalue weighted by Gasteiger charge is 1.94. The molecule has 0 aromatic carbocycles. The second kappa shape index (κ2) is 24.2. The predicted octanol–water partition coefficient (Wildman–Crippen LogP) is 3.06. The van der Waals surface area contributed by atoms with E-state index in [9.17, 15) is 0 Å². The highest BCUT2D eigenvalue weighted by molar-refractivity contribution is 4.34. The van der Waals surface area contributed by atoms with E-state index in [4.69, 9.17) is 18.9 Å². The number of rotatable bonds is 0. The van der Waals surface area contributed by atoms with Gasteiger partial charge in [-0.25, -0.2) is 0 Å². The van der Waals surface area contributed by atoms with Crippen LogP contribution in [0.5, 0.6) is 0 Å². The van der Waals surface area contributed by atoms with Gasteiger partial charge in [-0.05, 0) is 6.42 Å². The van der Waals surface area contributed by atoms with E-state index in [1.165, 1.54) is 0 Å². The van der Waals surface area contributed by atoms with Crippen molar-refractivity contribution in [2.24, 2.45) is 0 Å². The Bertz CT molecular complexity index is 62.0. The smallest absolute Gasteiger partial charge is 0.146 e. The standard InChI is InChI=1S/C4H8O2.C3H6O2.2C2H6.CH4/c1-2-5-4-6-3-1;1-2-5-3-4-1;2*1-2;/h1-4H2;1-3H2;2*1-2H3;1H4.